The number of hydrogen-bond donors (Lipinski definition) is 1. The number of nitrogens with zero attached hydrogens (tertiary/aromatic N) is 1. The second-order valence-corrected chi connectivity index (χ2v) is 7.68. The normalized spacial score (nSPS) is 14.3. The number of amides is 2. The van der Waals surface area contributed by atoms with Crippen molar-refractivity contribution < 1.29 is 19.1 Å². The zero-order valence-corrected chi connectivity index (χ0v) is 17.9. The van der Waals surface area contributed by atoms with Crippen LogP contribution in [0.15, 0.2) is 42.5 Å². The first-order valence-electron chi connectivity index (χ1n) is 10.4. The summed E-state index contributed by atoms with van der Waals surface area (Å²) >= 11 is 0. The highest BCUT2D eigenvalue weighted by atomic mass is 16.5. The highest BCUT2D eigenvalue weighted by molar-refractivity contribution is 5.94. The average Bonchev–Trinajstić information content (AvgIpc) is 2.75. The second kappa shape index (κ2) is 10.1. The van der Waals surface area contributed by atoms with Crippen molar-refractivity contribution in [2.24, 2.45) is 0 Å². The fraction of sp³-hybridized carbons (Fsp3) is 0.417. The first kappa shape index (κ1) is 21.7. The van der Waals surface area contributed by atoms with Crippen LogP contribution in [0, 0.1) is 6.92 Å². The minimum Gasteiger partial charge on any atom is -0.493 e. The standard InChI is InChI=1S/C24H30N2O4/c1-17-4-6-19(7-5-17)10-13-25-24(28)20-8-9-22(29-3)23(16-20)30-21-11-14-26(15-12-21)18(2)27/h4-9,16,21H,10-15H2,1-3H3,(H,25,28). The Bertz CT molecular complexity index is 871. The lowest BCUT2D eigenvalue weighted by molar-refractivity contribution is -0.130. The van der Waals surface area contributed by atoms with Crippen molar-refractivity contribution in [3.05, 3.63) is 59.2 Å². The molecule has 3 rings (SSSR count). The van der Waals surface area contributed by atoms with E-state index in [1.165, 1.54) is 11.1 Å². The summed E-state index contributed by atoms with van der Waals surface area (Å²) < 4.78 is 11.5. The number of rotatable bonds is 7. The van der Waals surface area contributed by atoms with Crippen molar-refractivity contribution in [3.63, 3.8) is 0 Å². The number of ether oxygens (including phenoxy) is 2. The molecule has 0 spiro atoms. The molecule has 1 aliphatic heterocycles. The minimum atomic E-state index is -0.138. The van der Waals surface area contributed by atoms with E-state index in [9.17, 15) is 9.59 Å². The Balaban J connectivity index is 1.58. The quantitative estimate of drug-likeness (QED) is 0.760. The summed E-state index contributed by atoms with van der Waals surface area (Å²) in [5.41, 5.74) is 2.95. The van der Waals surface area contributed by atoms with Crippen LogP contribution in [0.2, 0.25) is 0 Å². The summed E-state index contributed by atoms with van der Waals surface area (Å²) in [6, 6.07) is 13.5. The third-order valence-electron chi connectivity index (χ3n) is 5.43. The summed E-state index contributed by atoms with van der Waals surface area (Å²) in [6.45, 7) is 5.57. The van der Waals surface area contributed by atoms with Gasteiger partial charge >= 0.3 is 0 Å². The Kier molecular flexibility index (Phi) is 7.33. The van der Waals surface area contributed by atoms with Crippen LogP contribution in [0.3, 0.4) is 0 Å². The predicted octanol–water partition coefficient (Wildman–Crippen LogP) is 3.37. The molecule has 0 unspecified atom stereocenters. The number of hydrogen-bond acceptors (Lipinski definition) is 4. The molecule has 1 aliphatic rings. The molecule has 1 heterocycles. The smallest absolute Gasteiger partial charge is 0.251 e. The first-order chi connectivity index (χ1) is 14.5. The number of likely N-dealkylation sites (tertiary alicyclic amines) is 1. The van der Waals surface area contributed by atoms with Crippen molar-refractivity contribution in [2.75, 3.05) is 26.7 Å². The van der Waals surface area contributed by atoms with Gasteiger partial charge in [-0.25, -0.2) is 0 Å². The molecule has 2 aromatic carbocycles. The predicted molar refractivity (Wildman–Crippen MR) is 116 cm³/mol. The van der Waals surface area contributed by atoms with Gasteiger partial charge in [0.2, 0.25) is 5.91 Å². The van der Waals surface area contributed by atoms with E-state index in [1.807, 2.05) is 4.90 Å². The van der Waals surface area contributed by atoms with Crippen LogP contribution in [0.25, 0.3) is 0 Å². The molecule has 6 nitrogen and oxygen atoms in total. The molecule has 2 amide bonds. The number of benzene rings is 2. The molecule has 0 aliphatic carbocycles. The Hall–Kier alpha value is -3.02. The van der Waals surface area contributed by atoms with Crippen molar-refractivity contribution in [2.45, 2.75) is 39.2 Å². The van der Waals surface area contributed by atoms with E-state index in [0.29, 0.717) is 36.7 Å². The van der Waals surface area contributed by atoms with Crippen LogP contribution in [0.5, 0.6) is 11.5 Å². The number of carbonyl (C=O) groups excluding carboxylic acids is 2. The average molecular weight is 411 g/mol. The summed E-state index contributed by atoms with van der Waals surface area (Å²) in [4.78, 5) is 25.9. The van der Waals surface area contributed by atoms with Crippen molar-refractivity contribution in [1.29, 1.82) is 0 Å². The SMILES string of the molecule is COc1ccc(C(=O)NCCc2ccc(C)cc2)cc1OC1CCN(C(C)=O)CC1. The molecule has 1 N–H and O–H groups in total. The Morgan fingerprint density at radius 1 is 1.07 bits per heavy atom. The van der Waals surface area contributed by atoms with E-state index in [2.05, 4.69) is 36.5 Å². The maximum absolute atomic E-state index is 12.6. The van der Waals surface area contributed by atoms with E-state index in [-0.39, 0.29) is 17.9 Å². The van der Waals surface area contributed by atoms with Crippen LogP contribution < -0.4 is 14.8 Å². The zero-order chi connectivity index (χ0) is 21.5. The van der Waals surface area contributed by atoms with E-state index >= 15 is 0 Å². The topological polar surface area (TPSA) is 67.9 Å². The molecule has 0 saturated carbocycles. The second-order valence-electron chi connectivity index (χ2n) is 7.68. The molecule has 0 atom stereocenters. The Labute approximate surface area is 178 Å². The zero-order valence-electron chi connectivity index (χ0n) is 17.9. The maximum Gasteiger partial charge on any atom is 0.251 e. The number of aryl methyl sites for hydroxylation is 1. The van der Waals surface area contributed by atoms with Gasteiger partial charge in [0.1, 0.15) is 6.10 Å². The van der Waals surface area contributed by atoms with E-state index in [1.54, 1.807) is 32.2 Å². The fourth-order valence-electron chi connectivity index (χ4n) is 3.56. The summed E-state index contributed by atoms with van der Waals surface area (Å²) in [5, 5.41) is 2.97. The molecule has 6 heteroatoms. The van der Waals surface area contributed by atoms with Gasteiger partial charge in [-0.3, -0.25) is 9.59 Å². The van der Waals surface area contributed by atoms with Gasteiger partial charge in [0.05, 0.1) is 7.11 Å². The number of carbonyl (C=O) groups is 2. The van der Waals surface area contributed by atoms with Gasteiger partial charge in [0.25, 0.3) is 5.91 Å². The summed E-state index contributed by atoms with van der Waals surface area (Å²) in [5.74, 6) is 1.11. The van der Waals surface area contributed by atoms with Gasteiger partial charge in [-0.05, 0) is 37.1 Å². The third kappa shape index (κ3) is 5.75. The van der Waals surface area contributed by atoms with Crippen molar-refractivity contribution in [1.82, 2.24) is 10.2 Å². The van der Waals surface area contributed by atoms with E-state index < -0.39 is 0 Å². The Morgan fingerprint density at radius 2 is 1.77 bits per heavy atom. The van der Waals surface area contributed by atoms with Gasteiger partial charge in [0.15, 0.2) is 11.5 Å². The lowest BCUT2D eigenvalue weighted by Crippen LogP contribution is -2.40. The molecule has 0 aromatic heterocycles. The van der Waals surface area contributed by atoms with Crippen LogP contribution in [0.1, 0.15) is 41.3 Å². The van der Waals surface area contributed by atoms with Crippen LogP contribution >= 0.6 is 0 Å². The van der Waals surface area contributed by atoms with Gasteiger partial charge < -0.3 is 19.7 Å². The molecule has 160 valence electrons. The molecule has 0 radical (unpaired) electrons. The first-order valence-corrected chi connectivity index (χ1v) is 10.4. The Morgan fingerprint density at radius 3 is 2.40 bits per heavy atom. The van der Waals surface area contributed by atoms with Crippen LogP contribution in [0.4, 0.5) is 0 Å². The van der Waals surface area contributed by atoms with Gasteiger partial charge in [-0.2, -0.15) is 0 Å². The molecule has 1 saturated heterocycles. The lowest BCUT2D eigenvalue weighted by atomic mass is 10.1. The summed E-state index contributed by atoms with van der Waals surface area (Å²) in [7, 11) is 1.59. The van der Waals surface area contributed by atoms with Crippen molar-refractivity contribution in [3.8, 4) is 11.5 Å². The number of methoxy groups -OCH3 is 1. The lowest BCUT2D eigenvalue weighted by Gasteiger charge is -2.31. The third-order valence-corrected chi connectivity index (χ3v) is 5.43. The van der Waals surface area contributed by atoms with E-state index in [0.717, 1.165) is 19.3 Å². The molecular formula is C24H30N2O4. The van der Waals surface area contributed by atoms with Crippen molar-refractivity contribution >= 4 is 11.8 Å². The fourth-order valence-corrected chi connectivity index (χ4v) is 3.56. The van der Waals surface area contributed by atoms with Crippen LogP contribution in [-0.4, -0.2) is 49.6 Å². The molecule has 0 bridgehead atoms. The highest BCUT2D eigenvalue weighted by Crippen LogP contribution is 2.30. The largest absolute Gasteiger partial charge is 0.493 e. The van der Waals surface area contributed by atoms with Gasteiger partial charge in [0, 0.05) is 45.0 Å². The molecule has 2 aromatic rings. The molecule has 1 fully saturated rings. The monoisotopic (exact) mass is 410 g/mol. The number of nitrogens with one attached hydrogen (secondary N) is 1. The minimum absolute atomic E-state index is 0.00523. The highest BCUT2D eigenvalue weighted by Gasteiger charge is 2.23. The maximum atomic E-state index is 12.6. The molecular weight excluding hydrogens is 380 g/mol. The van der Waals surface area contributed by atoms with E-state index in [4.69, 9.17) is 9.47 Å². The number of piperidine rings is 1. The van der Waals surface area contributed by atoms with Crippen LogP contribution in [-0.2, 0) is 11.2 Å². The van der Waals surface area contributed by atoms with Gasteiger partial charge in [-0.15, -0.1) is 0 Å². The summed E-state index contributed by atoms with van der Waals surface area (Å²) in [6.07, 6.45) is 2.29. The molecule has 30 heavy (non-hydrogen) atoms. The van der Waals surface area contributed by atoms with Gasteiger partial charge in [-0.1, -0.05) is 29.8 Å².